The van der Waals surface area contributed by atoms with Crippen LogP contribution in [-0.4, -0.2) is 23.2 Å². The van der Waals surface area contributed by atoms with Crippen LogP contribution >= 0.6 is 11.6 Å². The number of nitro benzene ring substituents is 2. The third-order valence-corrected chi connectivity index (χ3v) is 4.12. The van der Waals surface area contributed by atoms with E-state index in [1.54, 1.807) is 30.3 Å². The second kappa shape index (κ2) is 8.40. The summed E-state index contributed by atoms with van der Waals surface area (Å²) >= 11 is 6.11. The predicted molar refractivity (Wildman–Crippen MR) is 107 cm³/mol. The Bertz CT molecular complexity index is 1110. The molecule has 0 saturated heterocycles. The number of furan rings is 1. The zero-order chi connectivity index (χ0) is 21.0. The van der Waals surface area contributed by atoms with Crippen molar-refractivity contribution in [2.45, 2.75) is 0 Å². The molecular formula is C18H13ClN4O6. The van der Waals surface area contributed by atoms with Crippen LogP contribution in [0.5, 0.6) is 5.75 Å². The van der Waals surface area contributed by atoms with E-state index in [0.717, 1.165) is 17.7 Å². The molecule has 1 heterocycles. The van der Waals surface area contributed by atoms with E-state index in [0.29, 0.717) is 22.3 Å². The van der Waals surface area contributed by atoms with Crippen LogP contribution in [0.4, 0.5) is 17.1 Å². The van der Waals surface area contributed by atoms with E-state index in [1.807, 2.05) is 0 Å². The van der Waals surface area contributed by atoms with Crippen LogP contribution in [0.1, 0.15) is 5.76 Å². The van der Waals surface area contributed by atoms with Crippen LogP contribution in [0.25, 0.3) is 11.3 Å². The van der Waals surface area contributed by atoms with Crippen molar-refractivity contribution in [3.63, 3.8) is 0 Å². The van der Waals surface area contributed by atoms with E-state index in [9.17, 15) is 20.2 Å². The molecule has 2 aromatic carbocycles. The molecule has 0 spiro atoms. The van der Waals surface area contributed by atoms with E-state index in [-0.39, 0.29) is 11.4 Å². The van der Waals surface area contributed by atoms with Gasteiger partial charge in [-0.2, -0.15) is 5.10 Å². The highest BCUT2D eigenvalue weighted by Crippen LogP contribution is 2.31. The highest BCUT2D eigenvalue weighted by atomic mass is 35.5. The number of rotatable bonds is 7. The Hall–Kier alpha value is -3.92. The molecule has 0 unspecified atom stereocenters. The second-order valence-corrected chi connectivity index (χ2v) is 6.04. The van der Waals surface area contributed by atoms with Crippen molar-refractivity contribution in [2.75, 3.05) is 12.5 Å². The summed E-state index contributed by atoms with van der Waals surface area (Å²) in [5.74, 6) is 1.46. The number of hydrogen-bond donors (Lipinski definition) is 1. The lowest BCUT2D eigenvalue weighted by molar-refractivity contribution is -0.393. The highest BCUT2D eigenvalue weighted by Gasteiger charge is 2.19. The molecule has 0 saturated carbocycles. The number of nitro groups is 2. The number of nitrogens with one attached hydrogen (secondary N) is 1. The number of nitrogens with zero attached hydrogens (tertiary/aromatic N) is 3. The standard InChI is InChI=1S/C18H13ClN4O6/c1-28-18-6-2-11(8-14(18)19)17-7-4-13(29-17)10-20-21-15-5-3-12(22(24)25)9-16(15)23(26)27/h2-10,21H,1H3/b20-10-. The number of methoxy groups -OCH3 is 1. The Morgan fingerprint density at radius 2 is 1.90 bits per heavy atom. The first kappa shape index (κ1) is 19.8. The Balaban J connectivity index is 1.76. The molecule has 1 N–H and O–H groups in total. The van der Waals surface area contributed by atoms with Crippen LogP contribution in [0, 0.1) is 20.2 Å². The summed E-state index contributed by atoms with van der Waals surface area (Å²) in [6.45, 7) is 0. The number of hydrazone groups is 1. The molecule has 0 fully saturated rings. The lowest BCUT2D eigenvalue weighted by atomic mass is 10.2. The number of benzene rings is 2. The number of ether oxygens (including phenoxy) is 1. The second-order valence-electron chi connectivity index (χ2n) is 5.64. The molecule has 0 radical (unpaired) electrons. The Morgan fingerprint density at radius 1 is 1.10 bits per heavy atom. The van der Waals surface area contributed by atoms with Gasteiger partial charge < -0.3 is 9.15 Å². The Labute approximate surface area is 168 Å². The van der Waals surface area contributed by atoms with Crippen LogP contribution in [0.15, 0.2) is 58.0 Å². The third-order valence-electron chi connectivity index (χ3n) is 3.83. The lowest BCUT2D eigenvalue weighted by Crippen LogP contribution is -1.98. The molecule has 0 aliphatic carbocycles. The normalized spacial score (nSPS) is 10.8. The molecule has 11 heteroatoms. The monoisotopic (exact) mass is 416 g/mol. The van der Waals surface area contributed by atoms with Gasteiger partial charge in [-0.1, -0.05) is 11.6 Å². The molecule has 0 aliphatic rings. The Morgan fingerprint density at radius 3 is 2.55 bits per heavy atom. The van der Waals surface area contributed by atoms with Crippen LogP contribution in [0.3, 0.4) is 0 Å². The summed E-state index contributed by atoms with van der Waals surface area (Å²) in [5, 5.41) is 26.2. The topological polar surface area (TPSA) is 133 Å². The summed E-state index contributed by atoms with van der Waals surface area (Å²) in [7, 11) is 1.52. The van der Waals surface area contributed by atoms with Gasteiger partial charge in [0.25, 0.3) is 5.69 Å². The maximum Gasteiger partial charge on any atom is 0.301 e. The molecule has 29 heavy (non-hydrogen) atoms. The quantitative estimate of drug-likeness (QED) is 0.330. The van der Waals surface area contributed by atoms with Crippen LogP contribution in [-0.2, 0) is 0 Å². The van der Waals surface area contributed by atoms with Crippen molar-refractivity contribution in [1.82, 2.24) is 0 Å². The fourth-order valence-corrected chi connectivity index (χ4v) is 2.70. The van der Waals surface area contributed by atoms with Crippen molar-refractivity contribution in [3.05, 3.63) is 79.5 Å². The smallest absolute Gasteiger partial charge is 0.301 e. The van der Waals surface area contributed by atoms with Gasteiger partial charge in [-0.05, 0) is 36.4 Å². The molecule has 0 aliphatic heterocycles. The predicted octanol–water partition coefficient (Wildman–Crippen LogP) is 4.87. The van der Waals surface area contributed by atoms with Gasteiger partial charge in [0.1, 0.15) is 23.0 Å². The third kappa shape index (κ3) is 4.50. The summed E-state index contributed by atoms with van der Waals surface area (Å²) in [6, 6.07) is 11.8. The molecule has 3 aromatic rings. The van der Waals surface area contributed by atoms with Gasteiger partial charge in [-0.3, -0.25) is 25.7 Å². The van der Waals surface area contributed by atoms with Crippen molar-refractivity contribution in [3.8, 4) is 17.1 Å². The molecule has 0 bridgehead atoms. The fourth-order valence-electron chi connectivity index (χ4n) is 2.44. The highest BCUT2D eigenvalue weighted by molar-refractivity contribution is 6.32. The number of non-ortho nitro benzene ring substituents is 1. The summed E-state index contributed by atoms with van der Waals surface area (Å²) < 4.78 is 10.8. The van der Waals surface area contributed by atoms with Crippen molar-refractivity contribution >= 4 is 34.9 Å². The fraction of sp³-hybridized carbons (Fsp3) is 0.0556. The van der Waals surface area contributed by atoms with Crippen molar-refractivity contribution in [2.24, 2.45) is 5.10 Å². The first-order chi connectivity index (χ1) is 13.9. The van der Waals surface area contributed by atoms with Gasteiger partial charge in [-0.15, -0.1) is 0 Å². The van der Waals surface area contributed by atoms with E-state index < -0.39 is 15.5 Å². The molecule has 0 atom stereocenters. The maximum absolute atomic E-state index is 11.1. The molecular weight excluding hydrogens is 404 g/mol. The number of hydrogen-bond acceptors (Lipinski definition) is 8. The lowest BCUT2D eigenvalue weighted by Gasteiger charge is -2.04. The first-order valence-corrected chi connectivity index (χ1v) is 8.42. The largest absolute Gasteiger partial charge is 0.495 e. The molecule has 1 aromatic heterocycles. The van der Waals surface area contributed by atoms with E-state index >= 15 is 0 Å². The van der Waals surface area contributed by atoms with Gasteiger partial charge in [-0.25, -0.2) is 0 Å². The summed E-state index contributed by atoms with van der Waals surface area (Å²) in [4.78, 5) is 20.4. The minimum Gasteiger partial charge on any atom is -0.495 e. The van der Waals surface area contributed by atoms with Crippen molar-refractivity contribution in [1.29, 1.82) is 0 Å². The first-order valence-electron chi connectivity index (χ1n) is 8.04. The van der Waals surface area contributed by atoms with Gasteiger partial charge in [0, 0.05) is 11.6 Å². The molecule has 148 valence electrons. The SMILES string of the molecule is COc1ccc(-c2ccc(/C=N\Nc3ccc([N+](=O)[O-])cc3[N+](=O)[O-])o2)cc1Cl. The van der Waals surface area contributed by atoms with Gasteiger partial charge >= 0.3 is 5.69 Å². The minimum absolute atomic E-state index is 0.00515. The van der Waals surface area contributed by atoms with E-state index in [4.69, 9.17) is 20.8 Å². The number of anilines is 1. The molecule has 0 amide bonds. The summed E-state index contributed by atoms with van der Waals surface area (Å²) in [6.07, 6.45) is 1.32. The number of halogens is 1. The van der Waals surface area contributed by atoms with Crippen LogP contribution in [0.2, 0.25) is 5.02 Å². The van der Waals surface area contributed by atoms with Crippen molar-refractivity contribution < 1.29 is 19.0 Å². The van der Waals surface area contributed by atoms with E-state index in [1.165, 1.54) is 19.4 Å². The molecule has 10 nitrogen and oxygen atoms in total. The maximum atomic E-state index is 11.1. The minimum atomic E-state index is -0.733. The van der Waals surface area contributed by atoms with Gasteiger partial charge in [0.05, 0.1) is 34.3 Å². The van der Waals surface area contributed by atoms with Crippen LogP contribution < -0.4 is 10.2 Å². The van der Waals surface area contributed by atoms with Gasteiger partial charge in [0.2, 0.25) is 0 Å². The average molecular weight is 417 g/mol. The van der Waals surface area contributed by atoms with Gasteiger partial charge in [0.15, 0.2) is 0 Å². The average Bonchev–Trinajstić information content (AvgIpc) is 3.16. The Kier molecular flexibility index (Phi) is 5.74. The zero-order valence-electron chi connectivity index (χ0n) is 14.9. The zero-order valence-corrected chi connectivity index (χ0v) is 15.6. The molecule has 3 rings (SSSR count). The van der Waals surface area contributed by atoms with E-state index in [2.05, 4.69) is 10.5 Å². The summed E-state index contributed by atoms with van der Waals surface area (Å²) in [5.41, 5.74) is 2.37.